The Morgan fingerprint density at radius 1 is 1.38 bits per heavy atom. The first kappa shape index (κ1) is 17.9. The molecule has 3 rings (SSSR count). The third kappa shape index (κ3) is 3.68. The fourth-order valence-electron chi connectivity index (χ4n) is 4.79. The second-order valence-corrected chi connectivity index (χ2v) is 8.79. The smallest absolute Gasteiger partial charge is 0.0689 e. The van der Waals surface area contributed by atoms with E-state index in [1.807, 2.05) is 6.20 Å². The van der Waals surface area contributed by atoms with Crippen molar-refractivity contribution in [1.29, 1.82) is 0 Å². The van der Waals surface area contributed by atoms with Gasteiger partial charge in [0.05, 0.1) is 18.4 Å². The molecular weight excluding hydrogens is 300 g/mol. The summed E-state index contributed by atoms with van der Waals surface area (Å²) in [6.45, 7) is 8.14. The lowest BCUT2D eigenvalue weighted by Gasteiger charge is -2.37. The molecule has 2 heterocycles. The third-order valence-corrected chi connectivity index (χ3v) is 5.87. The van der Waals surface area contributed by atoms with Gasteiger partial charge in [-0.15, -0.1) is 0 Å². The minimum Gasteiger partial charge on any atom is -0.374 e. The molecule has 2 N–H and O–H groups in total. The molecule has 1 spiro atoms. The van der Waals surface area contributed by atoms with Crippen LogP contribution in [0.25, 0.3) is 0 Å². The summed E-state index contributed by atoms with van der Waals surface area (Å²) in [5.41, 5.74) is 8.96. The first-order chi connectivity index (χ1) is 11.3. The van der Waals surface area contributed by atoms with Crippen LogP contribution in [0.2, 0.25) is 0 Å². The lowest BCUT2D eigenvalue weighted by atomic mass is 9.72. The predicted octanol–water partition coefficient (Wildman–Crippen LogP) is 2.65. The molecule has 5 nitrogen and oxygen atoms in total. The molecule has 0 amide bonds. The van der Waals surface area contributed by atoms with Gasteiger partial charge in [-0.1, -0.05) is 13.8 Å². The normalized spacial score (nSPS) is 29.7. The van der Waals surface area contributed by atoms with E-state index in [1.165, 1.54) is 43.4 Å². The Hall–Kier alpha value is -0.910. The maximum Gasteiger partial charge on any atom is 0.0689 e. The molecule has 0 radical (unpaired) electrons. The zero-order chi connectivity index (χ0) is 17.4. The maximum absolute atomic E-state index is 6.27. The van der Waals surface area contributed by atoms with Gasteiger partial charge >= 0.3 is 0 Å². The van der Waals surface area contributed by atoms with Crippen molar-refractivity contribution >= 4 is 0 Å². The van der Waals surface area contributed by atoms with Crippen molar-refractivity contribution in [2.45, 2.75) is 64.0 Å². The van der Waals surface area contributed by atoms with E-state index in [9.17, 15) is 0 Å². The SMILES string of the molecule is CN(CCN)Cc1cnn(C)c1[C@H]1CC[C@@]2(CC1)CC(C)(C)CO2. The zero-order valence-corrected chi connectivity index (χ0v) is 15.8. The van der Waals surface area contributed by atoms with Gasteiger partial charge in [0.1, 0.15) is 0 Å². The van der Waals surface area contributed by atoms with Crippen LogP contribution in [0, 0.1) is 5.41 Å². The van der Waals surface area contributed by atoms with Crippen LogP contribution in [-0.2, 0) is 18.3 Å². The molecule has 136 valence electrons. The van der Waals surface area contributed by atoms with E-state index in [1.54, 1.807) is 0 Å². The first-order valence-electron chi connectivity index (χ1n) is 9.37. The fourth-order valence-corrected chi connectivity index (χ4v) is 4.79. The lowest BCUT2D eigenvalue weighted by molar-refractivity contribution is -0.0298. The summed E-state index contributed by atoms with van der Waals surface area (Å²) in [7, 11) is 4.22. The number of aromatic nitrogens is 2. The summed E-state index contributed by atoms with van der Waals surface area (Å²) in [6, 6.07) is 0. The van der Waals surface area contributed by atoms with Crippen LogP contribution in [0.5, 0.6) is 0 Å². The molecule has 0 atom stereocenters. The van der Waals surface area contributed by atoms with Crippen LogP contribution >= 0.6 is 0 Å². The average molecular weight is 335 g/mol. The highest BCUT2D eigenvalue weighted by atomic mass is 16.5. The van der Waals surface area contributed by atoms with Crippen molar-refractivity contribution in [2.75, 3.05) is 26.7 Å². The Morgan fingerprint density at radius 2 is 2.08 bits per heavy atom. The van der Waals surface area contributed by atoms with Gasteiger partial charge in [0.25, 0.3) is 0 Å². The Labute approximate surface area is 146 Å². The van der Waals surface area contributed by atoms with Crippen LogP contribution in [0.15, 0.2) is 6.20 Å². The second kappa shape index (κ2) is 6.77. The van der Waals surface area contributed by atoms with Gasteiger partial charge in [0, 0.05) is 43.9 Å². The molecule has 0 aromatic carbocycles. The van der Waals surface area contributed by atoms with Crippen molar-refractivity contribution in [3.05, 3.63) is 17.5 Å². The molecule has 1 saturated heterocycles. The highest BCUT2D eigenvalue weighted by molar-refractivity contribution is 5.23. The highest BCUT2D eigenvalue weighted by Crippen LogP contribution is 2.50. The number of nitrogens with two attached hydrogens (primary N) is 1. The van der Waals surface area contributed by atoms with E-state index in [4.69, 9.17) is 10.5 Å². The van der Waals surface area contributed by atoms with Gasteiger partial charge in [-0.05, 0) is 44.6 Å². The monoisotopic (exact) mass is 334 g/mol. The number of likely N-dealkylation sites (N-methyl/N-ethyl adjacent to an activating group) is 1. The summed E-state index contributed by atoms with van der Waals surface area (Å²) in [5.74, 6) is 0.608. The molecule has 2 aliphatic rings. The van der Waals surface area contributed by atoms with Crippen molar-refractivity contribution in [1.82, 2.24) is 14.7 Å². The largest absolute Gasteiger partial charge is 0.374 e. The van der Waals surface area contributed by atoms with Crippen LogP contribution < -0.4 is 5.73 Å². The fraction of sp³-hybridized carbons (Fsp3) is 0.842. The van der Waals surface area contributed by atoms with Crippen LogP contribution in [-0.4, -0.2) is 47.0 Å². The summed E-state index contributed by atoms with van der Waals surface area (Å²) in [5, 5.41) is 4.54. The minimum absolute atomic E-state index is 0.148. The van der Waals surface area contributed by atoms with E-state index in [0.717, 1.165) is 19.7 Å². The topological polar surface area (TPSA) is 56.3 Å². The standard InChI is InChI=1S/C19H34N4O/c1-18(2)13-19(24-14-18)7-5-15(6-8-19)17-16(11-21-23(17)4)12-22(3)10-9-20/h11,15H,5-10,12-14,20H2,1-4H3/t15-,19+. The number of ether oxygens (including phenoxy) is 1. The number of nitrogens with zero attached hydrogens (tertiary/aromatic N) is 3. The Bertz CT molecular complexity index is 558. The van der Waals surface area contributed by atoms with Crippen molar-refractivity contribution in [2.24, 2.45) is 18.2 Å². The van der Waals surface area contributed by atoms with Gasteiger partial charge < -0.3 is 15.4 Å². The number of aryl methyl sites for hydroxylation is 1. The Morgan fingerprint density at radius 3 is 2.67 bits per heavy atom. The summed E-state index contributed by atoms with van der Waals surface area (Å²) in [4.78, 5) is 2.29. The molecule has 5 heteroatoms. The molecule has 2 fully saturated rings. The zero-order valence-electron chi connectivity index (χ0n) is 15.8. The molecule has 0 unspecified atom stereocenters. The van der Waals surface area contributed by atoms with E-state index in [0.29, 0.717) is 17.9 Å². The van der Waals surface area contributed by atoms with Gasteiger partial charge in [-0.3, -0.25) is 4.68 Å². The van der Waals surface area contributed by atoms with Gasteiger partial charge in [0.15, 0.2) is 0 Å². The van der Waals surface area contributed by atoms with E-state index < -0.39 is 0 Å². The van der Waals surface area contributed by atoms with Gasteiger partial charge in [0.2, 0.25) is 0 Å². The minimum atomic E-state index is 0.148. The summed E-state index contributed by atoms with van der Waals surface area (Å²) >= 11 is 0. The van der Waals surface area contributed by atoms with Crippen LogP contribution in [0.3, 0.4) is 0 Å². The van der Waals surface area contributed by atoms with Crippen molar-refractivity contribution in [3.8, 4) is 0 Å². The molecule has 1 saturated carbocycles. The third-order valence-electron chi connectivity index (χ3n) is 5.87. The molecular formula is C19H34N4O. The molecule has 1 aliphatic heterocycles. The Kier molecular flexibility index (Phi) is 5.05. The maximum atomic E-state index is 6.27. The Balaban J connectivity index is 1.67. The van der Waals surface area contributed by atoms with E-state index >= 15 is 0 Å². The lowest BCUT2D eigenvalue weighted by Crippen LogP contribution is -2.34. The highest BCUT2D eigenvalue weighted by Gasteiger charge is 2.46. The molecule has 0 bridgehead atoms. The summed E-state index contributed by atoms with van der Waals surface area (Å²) in [6.07, 6.45) is 8.05. The number of hydrogen-bond acceptors (Lipinski definition) is 4. The number of rotatable bonds is 5. The second-order valence-electron chi connectivity index (χ2n) is 8.79. The van der Waals surface area contributed by atoms with Crippen molar-refractivity contribution in [3.63, 3.8) is 0 Å². The molecule has 1 aromatic rings. The quantitative estimate of drug-likeness (QED) is 0.899. The predicted molar refractivity (Wildman–Crippen MR) is 96.9 cm³/mol. The molecule has 1 aromatic heterocycles. The van der Waals surface area contributed by atoms with E-state index in [2.05, 4.69) is 42.6 Å². The van der Waals surface area contributed by atoms with Crippen LogP contribution in [0.4, 0.5) is 0 Å². The molecule has 24 heavy (non-hydrogen) atoms. The van der Waals surface area contributed by atoms with Gasteiger partial charge in [-0.2, -0.15) is 5.10 Å². The van der Waals surface area contributed by atoms with Crippen LogP contribution in [0.1, 0.15) is 63.1 Å². The van der Waals surface area contributed by atoms with E-state index in [-0.39, 0.29) is 5.60 Å². The summed E-state index contributed by atoms with van der Waals surface area (Å²) < 4.78 is 8.37. The number of hydrogen-bond donors (Lipinski definition) is 1. The molecule has 1 aliphatic carbocycles. The van der Waals surface area contributed by atoms with Gasteiger partial charge in [-0.25, -0.2) is 0 Å². The average Bonchev–Trinajstić information content (AvgIpc) is 3.01. The first-order valence-corrected chi connectivity index (χ1v) is 9.37. The van der Waals surface area contributed by atoms with Crippen molar-refractivity contribution < 1.29 is 4.74 Å².